The highest BCUT2D eigenvalue weighted by molar-refractivity contribution is 6.23. The average molecular weight is 373 g/mol. The van der Waals surface area contributed by atoms with Gasteiger partial charge in [-0.1, -0.05) is 12.8 Å². The third-order valence-electron chi connectivity index (χ3n) is 4.78. The molecule has 0 radical (unpaired) electrons. The minimum Gasteiger partial charge on any atom is -0.494 e. The Kier molecular flexibility index (Phi) is 5.85. The molecule has 2 aliphatic heterocycles. The molecule has 1 unspecified atom stereocenters. The van der Waals surface area contributed by atoms with Gasteiger partial charge < -0.3 is 10.5 Å². The normalized spacial score (nSPS) is 19.3. The van der Waals surface area contributed by atoms with Gasteiger partial charge in [0.1, 0.15) is 11.8 Å². The molecule has 144 valence electrons. The Morgan fingerprint density at radius 3 is 2.52 bits per heavy atom. The number of ether oxygens (including phenoxy) is 1. The van der Waals surface area contributed by atoms with Crippen molar-refractivity contribution in [3.63, 3.8) is 0 Å². The number of hydrogen-bond acceptors (Lipinski definition) is 6. The van der Waals surface area contributed by atoms with E-state index in [4.69, 9.17) is 10.5 Å². The Hall–Kier alpha value is -2.74. The zero-order valence-electron chi connectivity index (χ0n) is 15.0. The minimum atomic E-state index is -0.956. The van der Waals surface area contributed by atoms with Gasteiger partial charge in [-0.05, 0) is 44.0 Å². The topological polar surface area (TPSA) is 119 Å². The van der Waals surface area contributed by atoms with E-state index in [0.717, 1.165) is 30.6 Å². The van der Waals surface area contributed by atoms with E-state index in [-0.39, 0.29) is 24.0 Å². The maximum Gasteiger partial charge on any atom is 0.262 e. The van der Waals surface area contributed by atoms with E-state index in [1.165, 1.54) is 0 Å². The van der Waals surface area contributed by atoms with Crippen LogP contribution < -0.4 is 15.8 Å². The van der Waals surface area contributed by atoms with Crippen molar-refractivity contribution in [1.82, 2.24) is 10.2 Å². The Morgan fingerprint density at radius 2 is 1.78 bits per heavy atom. The smallest absolute Gasteiger partial charge is 0.262 e. The van der Waals surface area contributed by atoms with E-state index >= 15 is 0 Å². The zero-order valence-corrected chi connectivity index (χ0v) is 15.0. The van der Waals surface area contributed by atoms with E-state index in [0.29, 0.717) is 18.9 Å². The number of carbonyl (C=O) groups excluding carboxylic acids is 4. The second kappa shape index (κ2) is 8.30. The van der Waals surface area contributed by atoms with Crippen LogP contribution in [0.3, 0.4) is 0 Å². The largest absolute Gasteiger partial charge is 0.494 e. The van der Waals surface area contributed by atoms with Crippen molar-refractivity contribution in [3.05, 3.63) is 29.3 Å². The van der Waals surface area contributed by atoms with Crippen LogP contribution in [0.2, 0.25) is 0 Å². The summed E-state index contributed by atoms with van der Waals surface area (Å²) in [6.45, 7) is 1.20. The predicted molar refractivity (Wildman–Crippen MR) is 96.1 cm³/mol. The molecule has 0 aliphatic carbocycles. The molecule has 8 nitrogen and oxygen atoms in total. The van der Waals surface area contributed by atoms with Crippen molar-refractivity contribution in [3.8, 4) is 5.75 Å². The maximum absolute atomic E-state index is 12.7. The van der Waals surface area contributed by atoms with Crippen molar-refractivity contribution < 1.29 is 23.9 Å². The lowest BCUT2D eigenvalue weighted by atomic mass is 10.0. The number of fused-ring (bicyclic) bond motifs is 1. The van der Waals surface area contributed by atoms with Crippen LogP contribution in [-0.2, 0) is 9.59 Å². The number of rotatable bonds is 8. The van der Waals surface area contributed by atoms with Crippen molar-refractivity contribution in [1.29, 1.82) is 0 Å². The lowest BCUT2D eigenvalue weighted by Crippen LogP contribution is -2.54. The predicted octanol–water partition coefficient (Wildman–Crippen LogP) is 0.986. The Bertz CT molecular complexity index is 777. The number of carbonyl (C=O) groups is 4. The summed E-state index contributed by atoms with van der Waals surface area (Å²) in [5, 5.41) is 2.18. The van der Waals surface area contributed by atoms with Gasteiger partial charge in [0.2, 0.25) is 11.8 Å². The highest BCUT2D eigenvalue weighted by atomic mass is 16.5. The quantitative estimate of drug-likeness (QED) is 0.518. The summed E-state index contributed by atoms with van der Waals surface area (Å²) >= 11 is 0. The van der Waals surface area contributed by atoms with Gasteiger partial charge >= 0.3 is 0 Å². The zero-order chi connectivity index (χ0) is 19.4. The van der Waals surface area contributed by atoms with Gasteiger partial charge in [0.25, 0.3) is 11.8 Å². The summed E-state index contributed by atoms with van der Waals surface area (Å²) in [5.74, 6) is -1.54. The van der Waals surface area contributed by atoms with Crippen molar-refractivity contribution >= 4 is 23.6 Å². The van der Waals surface area contributed by atoms with Crippen LogP contribution in [0.15, 0.2) is 18.2 Å². The van der Waals surface area contributed by atoms with Crippen molar-refractivity contribution in [2.75, 3.05) is 13.2 Å². The molecule has 1 aromatic carbocycles. The number of imide groups is 2. The van der Waals surface area contributed by atoms with E-state index in [2.05, 4.69) is 5.32 Å². The van der Waals surface area contributed by atoms with E-state index in [1.54, 1.807) is 18.2 Å². The molecule has 0 bridgehead atoms. The number of nitrogens with two attached hydrogens (primary N) is 1. The number of hydrogen-bond donors (Lipinski definition) is 2. The van der Waals surface area contributed by atoms with Gasteiger partial charge in [-0.15, -0.1) is 0 Å². The molecular formula is C19H23N3O5. The highest BCUT2D eigenvalue weighted by Crippen LogP contribution is 2.30. The molecule has 1 aromatic rings. The molecule has 0 saturated carbocycles. The molecular weight excluding hydrogens is 350 g/mol. The first-order chi connectivity index (χ1) is 13.0. The lowest BCUT2D eigenvalue weighted by Gasteiger charge is -2.27. The number of amides is 4. The maximum atomic E-state index is 12.7. The van der Waals surface area contributed by atoms with Crippen LogP contribution in [0.5, 0.6) is 5.75 Å². The van der Waals surface area contributed by atoms with Crippen LogP contribution in [0.4, 0.5) is 0 Å². The van der Waals surface area contributed by atoms with Gasteiger partial charge in [-0.25, -0.2) is 0 Å². The van der Waals surface area contributed by atoms with E-state index < -0.39 is 29.7 Å². The summed E-state index contributed by atoms with van der Waals surface area (Å²) in [6, 6.07) is 3.78. The summed E-state index contributed by atoms with van der Waals surface area (Å²) in [4.78, 5) is 49.6. The first kappa shape index (κ1) is 19.0. The molecule has 3 rings (SSSR count). The van der Waals surface area contributed by atoms with Crippen LogP contribution in [0, 0.1) is 0 Å². The first-order valence-corrected chi connectivity index (χ1v) is 9.21. The molecule has 0 spiro atoms. The molecule has 4 amide bonds. The molecule has 2 heterocycles. The Balaban J connectivity index is 1.66. The van der Waals surface area contributed by atoms with E-state index in [1.807, 2.05) is 0 Å². The Morgan fingerprint density at radius 1 is 1.04 bits per heavy atom. The van der Waals surface area contributed by atoms with Gasteiger partial charge in [0, 0.05) is 6.42 Å². The minimum absolute atomic E-state index is 0.0995. The lowest BCUT2D eigenvalue weighted by molar-refractivity contribution is -0.136. The second-order valence-corrected chi connectivity index (χ2v) is 6.71. The molecule has 2 aliphatic rings. The number of nitrogens with zero attached hydrogens (tertiary/aromatic N) is 1. The fraction of sp³-hybridized carbons (Fsp3) is 0.474. The molecule has 1 atom stereocenters. The van der Waals surface area contributed by atoms with Crippen LogP contribution in [0.25, 0.3) is 0 Å². The van der Waals surface area contributed by atoms with Gasteiger partial charge in [0.05, 0.1) is 17.7 Å². The van der Waals surface area contributed by atoms with Crippen molar-refractivity contribution in [2.45, 2.75) is 44.6 Å². The SMILES string of the molecule is NCCCCCCOc1ccc2c(c1)C(=O)N(C1CCC(=O)NC1=O)C2=O. The average Bonchev–Trinajstić information content (AvgIpc) is 2.89. The third-order valence-corrected chi connectivity index (χ3v) is 4.78. The molecule has 8 heteroatoms. The molecule has 3 N–H and O–H groups in total. The Labute approximate surface area is 157 Å². The monoisotopic (exact) mass is 373 g/mol. The number of nitrogens with one attached hydrogen (secondary N) is 1. The fourth-order valence-corrected chi connectivity index (χ4v) is 3.33. The molecule has 1 saturated heterocycles. The standard InChI is InChI=1S/C19H23N3O5/c20-9-3-1-2-4-10-27-12-5-6-13-14(11-12)19(26)22(18(13)25)15-7-8-16(23)21-17(15)24/h5-6,11,15H,1-4,7-10,20H2,(H,21,23,24). The summed E-state index contributed by atoms with van der Waals surface area (Å²) in [6.07, 6.45) is 4.18. The summed E-state index contributed by atoms with van der Waals surface area (Å²) in [5.41, 5.74) is 5.93. The number of benzene rings is 1. The van der Waals surface area contributed by atoms with E-state index in [9.17, 15) is 19.2 Å². The molecule has 0 aromatic heterocycles. The molecule has 1 fully saturated rings. The molecule has 27 heavy (non-hydrogen) atoms. The van der Waals surface area contributed by atoms with Crippen LogP contribution in [0.1, 0.15) is 59.2 Å². The fourth-order valence-electron chi connectivity index (χ4n) is 3.33. The highest BCUT2D eigenvalue weighted by Gasteiger charge is 2.44. The van der Waals surface area contributed by atoms with Gasteiger partial charge in [-0.3, -0.25) is 29.4 Å². The number of unbranched alkanes of at least 4 members (excludes halogenated alkanes) is 3. The van der Waals surface area contributed by atoms with Crippen LogP contribution >= 0.6 is 0 Å². The first-order valence-electron chi connectivity index (χ1n) is 9.21. The van der Waals surface area contributed by atoms with Gasteiger partial charge in [0.15, 0.2) is 0 Å². The van der Waals surface area contributed by atoms with Gasteiger partial charge in [-0.2, -0.15) is 0 Å². The summed E-state index contributed by atoms with van der Waals surface area (Å²) in [7, 11) is 0. The second-order valence-electron chi connectivity index (χ2n) is 6.71. The summed E-state index contributed by atoms with van der Waals surface area (Å²) < 4.78 is 5.67. The third kappa shape index (κ3) is 4.00. The van der Waals surface area contributed by atoms with Crippen molar-refractivity contribution in [2.24, 2.45) is 5.73 Å². The number of piperidine rings is 1. The van der Waals surface area contributed by atoms with Crippen LogP contribution in [-0.4, -0.2) is 47.7 Å².